The molecule has 154 valence electrons. The van der Waals surface area contributed by atoms with Gasteiger partial charge in [-0.2, -0.15) is 0 Å². The number of carbonyl (C=O) groups excluding carboxylic acids is 1. The second kappa shape index (κ2) is 9.40. The van der Waals surface area contributed by atoms with Gasteiger partial charge in [0, 0.05) is 51.5 Å². The van der Waals surface area contributed by atoms with Gasteiger partial charge in [-0.3, -0.25) is 14.7 Å². The van der Waals surface area contributed by atoms with Gasteiger partial charge in [-0.05, 0) is 37.3 Å². The van der Waals surface area contributed by atoms with E-state index in [1.165, 1.54) is 24.8 Å². The number of pyridine rings is 1. The van der Waals surface area contributed by atoms with Gasteiger partial charge in [0.05, 0.1) is 17.4 Å². The second-order valence-electron chi connectivity index (χ2n) is 8.24. The zero-order chi connectivity index (χ0) is 20.1. The number of piperazine rings is 1. The average molecular weight is 393 g/mol. The molecular weight excluding hydrogens is 360 g/mol. The molecule has 1 atom stereocenters. The summed E-state index contributed by atoms with van der Waals surface area (Å²) in [7, 11) is 0. The summed E-state index contributed by atoms with van der Waals surface area (Å²) in [6, 6.07) is 13.2. The van der Waals surface area contributed by atoms with Crippen LogP contribution in [0.3, 0.4) is 0 Å². The fourth-order valence-electron chi connectivity index (χ4n) is 4.60. The maximum atomic E-state index is 13.1. The molecule has 4 rings (SSSR count). The Balaban J connectivity index is 1.37. The lowest BCUT2D eigenvalue weighted by Gasteiger charge is -2.37. The average Bonchev–Trinajstić information content (AvgIpc) is 2.80. The summed E-state index contributed by atoms with van der Waals surface area (Å²) in [5, 5.41) is 0. The lowest BCUT2D eigenvalue weighted by atomic mass is 9.99. The van der Waals surface area contributed by atoms with E-state index in [-0.39, 0.29) is 5.91 Å². The van der Waals surface area contributed by atoms with Crippen molar-refractivity contribution in [2.75, 3.05) is 37.6 Å². The normalized spacial score (nSPS) is 20.7. The molecule has 29 heavy (non-hydrogen) atoms. The molecular formula is C24H32N4O. The maximum absolute atomic E-state index is 13.1. The standard InChI is InChI=1S/C24H32N4O/c1-2-22-10-6-7-11-28(22)23-16-21(17-25-18-23)24(29)27-14-12-26(13-15-27)19-20-8-4-3-5-9-20/h3-5,8-9,16-18,22H,2,6-7,10-15,19H2,1H3. The number of amides is 1. The number of rotatable bonds is 5. The van der Waals surface area contributed by atoms with Crippen LogP contribution in [0.5, 0.6) is 0 Å². The van der Waals surface area contributed by atoms with E-state index in [1.54, 1.807) is 6.20 Å². The molecule has 2 fully saturated rings. The Kier molecular flexibility index (Phi) is 6.45. The van der Waals surface area contributed by atoms with Crippen molar-refractivity contribution in [1.82, 2.24) is 14.8 Å². The van der Waals surface area contributed by atoms with Crippen molar-refractivity contribution in [3.8, 4) is 0 Å². The highest BCUT2D eigenvalue weighted by Crippen LogP contribution is 2.27. The Labute approximate surface area is 174 Å². The van der Waals surface area contributed by atoms with Crippen LogP contribution < -0.4 is 4.90 Å². The summed E-state index contributed by atoms with van der Waals surface area (Å²) in [6.07, 6.45) is 8.54. The van der Waals surface area contributed by atoms with Crippen molar-refractivity contribution in [3.05, 3.63) is 59.9 Å². The SMILES string of the molecule is CCC1CCCCN1c1cncc(C(=O)N2CCN(Cc3ccccc3)CC2)c1. The summed E-state index contributed by atoms with van der Waals surface area (Å²) in [6.45, 7) is 7.65. The molecule has 1 unspecified atom stereocenters. The van der Waals surface area contributed by atoms with E-state index in [0.717, 1.165) is 56.9 Å². The molecule has 0 aliphatic carbocycles. The van der Waals surface area contributed by atoms with Gasteiger partial charge in [-0.25, -0.2) is 0 Å². The molecule has 5 nitrogen and oxygen atoms in total. The van der Waals surface area contributed by atoms with Gasteiger partial charge in [-0.1, -0.05) is 37.3 Å². The molecule has 3 heterocycles. The molecule has 0 saturated carbocycles. The van der Waals surface area contributed by atoms with Crippen LogP contribution in [0, 0.1) is 0 Å². The fraction of sp³-hybridized carbons (Fsp3) is 0.500. The van der Waals surface area contributed by atoms with Crippen molar-refractivity contribution in [2.24, 2.45) is 0 Å². The first kappa shape index (κ1) is 19.9. The minimum Gasteiger partial charge on any atom is -0.367 e. The van der Waals surface area contributed by atoms with Gasteiger partial charge in [-0.15, -0.1) is 0 Å². The highest BCUT2D eigenvalue weighted by molar-refractivity contribution is 5.94. The van der Waals surface area contributed by atoms with E-state index in [4.69, 9.17) is 0 Å². The van der Waals surface area contributed by atoms with Gasteiger partial charge in [0.1, 0.15) is 0 Å². The largest absolute Gasteiger partial charge is 0.367 e. The third-order valence-electron chi connectivity index (χ3n) is 6.31. The predicted octanol–water partition coefficient (Wildman–Crippen LogP) is 3.81. The first-order valence-corrected chi connectivity index (χ1v) is 11.0. The third kappa shape index (κ3) is 4.78. The maximum Gasteiger partial charge on any atom is 0.255 e. The van der Waals surface area contributed by atoms with Crippen molar-refractivity contribution >= 4 is 11.6 Å². The van der Waals surface area contributed by atoms with Crippen LogP contribution >= 0.6 is 0 Å². The van der Waals surface area contributed by atoms with Crippen LogP contribution in [0.25, 0.3) is 0 Å². The molecule has 0 bridgehead atoms. The van der Waals surface area contributed by atoms with E-state index < -0.39 is 0 Å². The monoisotopic (exact) mass is 392 g/mol. The molecule has 1 aromatic carbocycles. The highest BCUT2D eigenvalue weighted by atomic mass is 16.2. The Hall–Kier alpha value is -2.40. The number of aromatic nitrogens is 1. The van der Waals surface area contributed by atoms with Gasteiger partial charge >= 0.3 is 0 Å². The number of nitrogens with zero attached hydrogens (tertiary/aromatic N) is 4. The van der Waals surface area contributed by atoms with E-state index >= 15 is 0 Å². The molecule has 0 spiro atoms. The van der Waals surface area contributed by atoms with E-state index in [2.05, 4.69) is 58.1 Å². The number of hydrogen-bond donors (Lipinski definition) is 0. The summed E-state index contributed by atoms with van der Waals surface area (Å²) in [5.41, 5.74) is 3.15. The van der Waals surface area contributed by atoms with Crippen LogP contribution in [0.2, 0.25) is 0 Å². The lowest BCUT2D eigenvalue weighted by molar-refractivity contribution is 0.0628. The first-order chi connectivity index (χ1) is 14.2. The molecule has 5 heteroatoms. The van der Waals surface area contributed by atoms with Crippen molar-refractivity contribution in [3.63, 3.8) is 0 Å². The van der Waals surface area contributed by atoms with Gasteiger partial charge < -0.3 is 9.80 Å². The Morgan fingerprint density at radius 3 is 2.59 bits per heavy atom. The van der Waals surface area contributed by atoms with Gasteiger partial charge in [0.2, 0.25) is 0 Å². The minimum absolute atomic E-state index is 0.115. The molecule has 2 aromatic rings. The number of hydrogen-bond acceptors (Lipinski definition) is 4. The van der Waals surface area contributed by atoms with Crippen LogP contribution in [0.1, 0.15) is 48.5 Å². The molecule has 1 aromatic heterocycles. The van der Waals surface area contributed by atoms with Crippen LogP contribution in [0.15, 0.2) is 48.8 Å². The molecule has 2 aliphatic rings. The van der Waals surface area contributed by atoms with Gasteiger partial charge in [0.25, 0.3) is 5.91 Å². The number of anilines is 1. The van der Waals surface area contributed by atoms with Crippen molar-refractivity contribution in [1.29, 1.82) is 0 Å². The fourth-order valence-corrected chi connectivity index (χ4v) is 4.60. The highest BCUT2D eigenvalue weighted by Gasteiger charge is 2.25. The van der Waals surface area contributed by atoms with E-state index in [9.17, 15) is 4.79 Å². The molecule has 2 aliphatic heterocycles. The topological polar surface area (TPSA) is 39.7 Å². The smallest absolute Gasteiger partial charge is 0.255 e. The molecule has 1 amide bonds. The van der Waals surface area contributed by atoms with Crippen molar-refractivity contribution < 1.29 is 4.79 Å². The molecule has 0 radical (unpaired) electrons. The Bertz CT molecular complexity index is 802. The summed E-state index contributed by atoms with van der Waals surface area (Å²) in [4.78, 5) is 24.4. The van der Waals surface area contributed by atoms with Crippen LogP contribution in [0.4, 0.5) is 5.69 Å². The minimum atomic E-state index is 0.115. The van der Waals surface area contributed by atoms with E-state index in [1.807, 2.05) is 11.1 Å². The van der Waals surface area contributed by atoms with E-state index in [0.29, 0.717) is 6.04 Å². The van der Waals surface area contributed by atoms with Gasteiger partial charge in [0.15, 0.2) is 0 Å². The third-order valence-corrected chi connectivity index (χ3v) is 6.31. The zero-order valence-electron chi connectivity index (χ0n) is 17.5. The number of benzene rings is 1. The predicted molar refractivity (Wildman–Crippen MR) is 117 cm³/mol. The Morgan fingerprint density at radius 1 is 1.03 bits per heavy atom. The summed E-state index contributed by atoms with van der Waals surface area (Å²) < 4.78 is 0. The summed E-state index contributed by atoms with van der Waals surface area (Å²) in [5.74, 6) is 0.115. The number of carbonyl (C=O) groups is 1. The quantitative estimate of drug-likeness (QED) is 0.776. The molecule has 0 N–H and O–H groups in total. The zero-order valence-corrected chi connectivity index (χ0v) is 17.5. The van der Waals surface area contributed by atoms with Crippen LogP contribution in [-0.4, -0.2) is 59.5 Å². The first-order valence-electron chi connectivity index (χ1n) is 11.0. The molecule has 2 saturated heterocycles. The number of piperidine rings is 1. The Morgan fingerprint density at radius 2 is 1.83 bits per heavy atom. The lowest BCUT2D eigenvalue weighted by Crippen LogP contribution is -2.48. The van der Waals surface area contributed by atoms with Crippen molar-refractivity contribution in [2.45, 2.75) is 45.2 Å². The second-order valence-corrected chi connectivity index (χ2v) is 8.24. The van der Waals surface area contributed by atoms with Crippen LogP contribution in [-0.2, 0) is 6.54 Å². The summed E-state index contributed by atoms with van der Waals surface area (Å²) >= 11 is 0.